The lowest BCUT2D eigenvalue weighted by atomic mass is 10.1. The van der Waals surface area contributed by atoms with E-state index < -0.39 is 24.4 Å². The van der Waals surface area contributed by atoms with Crippen molar-refractivity contribution in [2.75, 3.05) is 19.8 Å². The number of aliphatic hydroxyl groups is 3. The molecule has 0 bridgehead atoms. The van der Waals surface area contributed by atoms with Gasteiger partial charge in [0.15, 0.2) is 0 Å². The van der Waals surface area contributed by atoms with Crippen molar-refractivity contribution in [3.63, 3.8) is 0 Å². The molecule has 0 aromatic rings. The van der Waals surface area contributed by atoms with Crippen LogP contribution in [0.25, 0.3) is 0 Å². The minimum atomic E-state index is -1.02. The largest absolute Gasteiger partial charge is 0.388 e. The maximum Gasteiger partial charge on any atom is 0.114 e. The molecule has 5 heteroatoms. The molecular formula is C14H28O5. The van der Waals surface area contributed by atoms with Gasteiger partial charge in [0, 0.05) is 6.61 Å². The van der Waals surface area contributed by atoms with Crippen molar-refractivity contribution in [2.45, 2.75) is 69.9 Å². The number of ether oxygens (including phenoxy) is 2. The molecule has 0 aromatic heterocycles. The Morgan fingerprint density at radius 3 is 2.47 bits per heavy atom. The lowest BCUT2D eigenvalue weighted by Crippen LogP contribution is -2.40. The normalized spacial score (nSPS) is 28.7. The summed E-state index contributed by atoms with van der Waals surface area (Å²) in [5.41, 5.74) is 0. The summed E-state index contributed by atoms with van der Waals surface area (Å²) in [4.78, 5) is 0. The number of aliphatic hydroxyl groups excluding tert-OH is 3. The highest BCUT2D eigenvalue weighted by molar-refractivity contribution is 4.87. The Morgan fingerprint density at radius 2 is 1.84 bits per heavy atom. The molecule has 19 heavy (non-hydrogen) atoms. The summed E-state index contributed by atoms with van der Waals surface area (Å²) in [6.45, 7) is 3.03. The summed E-state index contributed by atoms with van der Waals surface area (Å²) in [6.07, 6.45) is 3.65. The van der Waals surface area contributed by atoms with E-state index in [-0.39, 0.29) is 13.2 Å². The zero-order chi connectivity index (χ0) is 14.1. The first-order chi connectivity index (χ1) is 9.16. The third-order valence-corrected chi connectivity index (χ3v) is 3.50. The van der Waals surface area contributed by atoms with Gasteiger partial charge in [0.1, 0.15) is 24.4 Å². The molecule has 0 unspecified atom stereocenters. The summed E-state index contributed by atoms with van der Waals surface area (Å²) in [5.74, 6) is 0. The van der Waals surface area contributed by atoms with Crippen molar-refractivity contribution in [3.8, 4) is 0 Å². The average Bonchev–Trinajstić information content (AvgIpc) is 2.73. The molecule has 0 spiro atoms. The molecule has 5 nitrogen and oxygen atoms in total. The highest BCUT2D eigenvalue weighted by Crippen LogP contribution is 2.17. The van der Waals surface area contributed by atoms with Crippen LogP contribution < -0.4 is 0 Å². The van der Waals surface area contributed by atoms with Crippen molar-refractivity contribution in [3.05, 3.63) is 0 Å². The van der Waals surface area contributed by atoms with Crippen LogP contribution in [-0.2, 0) is 9.47 Å². The van der Waals surface area contributed by atoms with Crippen LogP contribution in [0.2, 0.25) is 0 Å². The Kier molecular flexibility index (Phi) is 8.57. The molecular weight excluding hydrogens is 248 g/mol. The molecule has 1 aliphatic heterocycles. The van der Waals surface area contributed by atoms with E-state index in [4.69, 9.17) is 9.47 Å². The quantitative estimate of drug-likeness (QED) is 0.515. The van der Waals surface area contributed by atoms with E-state index in [1.807, 2.05) is 0 Å². The number of unbranched alkanes of at least 4 members (excludes halogenated alkanes) is 5. The van der Waals surface area contributed by atoms with Gasteiger partial charge in [-0.05, 0) is 6.42 Å². The molecule has 0 radical (unpaired) electrons. The van der Waals surface area contributed by atoms with Crippen LogP contribution >= 0.6 is 0 Å². The zero-order valence-electron chi connectivity index (χ0n) is 11.8. The molecule has 0 amide bonds. The summed E-state index contributed by atoms with van der Waals surface area (Å²) < 4.78 is 10.5. The summed E-state index contributed by atoms with van der Waals surface area (Å²) in [6, 6.07) is 0. The van der Waals surface area contributed by atoms with Crippen LogP contribution in [-0.4, -0.2) is 59.6 Å². The lowest BCUT2D eigenvalue weighted by molar-refractivity contribution is -0.0813. The third kappa shape index (κ3) is 6.19. The van der Waals surface area contributed by atoms with Gasteiger partial charge in [-0.1, -0.05) is 39.0 Å². The van der Waals surface area contributed by atoms with Crippen molar-refractivity contribution in [1.29, 1.82) is 0 Å². The Bertz CT molecular complexity index is 224. The molecule has 114 valence electrons. The Balaban J connectivity index is 1.97. The van der Waals surface area contributed by atoms with Gasteiger partial charge in [0.25, 0.3) is 0 Å². The second-order valence-corrected chi connectivity index (χ2v) is 5.27. The number of hydrogen-bond donors (Lipinski definition) is 3. The SMILES string of the molecule is CCCCCCCCOC[C@@H](O)[C@H]1OC[C@H](O)[C@H]1O. The van der Waals surface area contributed by atoms with E-state index in [1.165, 1.54) is 25.7 Å². The van der Waals surface area contributed by atoms with Crippen LogP contribution in [0.5, 0.6) is 0 Å². The van der Waals surface area contributed by atoms with Crippen LogP contribution in [0, 0.1) is 0 Å². The topological polar surface area (TPSA) is 79.2 Å². The van der Waals surface area contributed by atoms with Gasteiger partial charge in [-0.15, -0.1) is 0 Å². The fourth-order valence-corrected chi connectivity index (χ4v) is 2.25. The number of rotatable bonds is 10. The average molecular weight is 276 g/mol. The molecule has 1 saturated heterocycles. The molecule has 0 saturated carbocycles. The van der Waals surface area contributed by atoms with Gasteiger partial charge in [-0.25, -0.2) is 0 Å². The van der Waals surface area contributed by atoms with Crippen LogP contribution in [0.15, 0.2) is 0 Å². The van der Waals surface area contributed by atoms with Crippen LogP contribution in [0.4, 0.5) is 0 Å². The molecule has 0 aromatic carbocycles. The van der Waals surface area contributed by atoms with Gasteiger partial charge in [-0.3, -0.25) is 0 Å². The standard InChI is InChI=1S/C14H28O5/c1-2-3-4-5-6-7-8-18-9-12(16)14-13(17)11(15)10-19-14/h11-17H,2-10H2,1H3/t11-,12+,13+,14+/m0/s1. The molecule has 1 rings (SSSR count). The zero-order valence-corrected chi connectivity index (χ0v) is 11.8. The van der Waals surface area contributed by atoms with Crippen molar-refractivity contribution < 1.29 is 24.8 Å². The van der Waals surface area contributed by atoms with E-state index in [0.29, 0.717) is 6.61 Å². The van der Waals surface area contributed by atoms with Crippen LogP contribution in [0.1, 0.15) is 45.4 Å². The van der Waals surface area contributed by atoms with Gasteiger partial charge < -0.3 is 24.8 Å². The van der Waals surface area contributed by atoms with E-state index >= 15 is 0 Å². The minimum Gasteiger partial charge on any atom is -0.388 e. The molecule has 3 N–H and O–H groups in total. The van der Waals surface area contributed by atoms with E-state index in [2.05, 4.69) is 6.92 Å². The molecule has 1 fully saturated rings. The second kappa shape index (κ2) is 9.66. The van der Waals surface area contributed by atoms with Crippen molar-refractivity contribution in [1.82, 2.24) is 0 Å². The van der Waals surface area contributed by atoms with E-state index in [0.717, 1.165) is 12.8 Å². The molecule has 4 atom stereocenters. The van der Waals surface area contributed by atoms with Gasteiger partial charge >= 0.3 is 0 Å². The fourth-order valence-electron chi connectivity index (χ4n) is 2.25. The Morgan fingerprint density at radius 1 is 1.16 bits per heavy atom. The first-order valence-corrected chi connectivity index (χ1v) is 7.40. The number of hydrogen-bond acceptors (Lipinski definition) is 5. The first kappa shape index (κ1) is 16.9. The maximum atomic E-state index is 9.79. The molecule has 0 aliphatic carbocycles. The first-order valence-electron chi connectivity index (χ1n) is 7.40. The molecule has 1 aliphatic rings. The maximum absolute atomic E-state index is 9.79. The van der Waals surface area contributed by atoms with Crippen molar-refractivity contribution >= 4 is 0 Å². The summed E-state index contributed by atoms with van der Waals surface area (Å²) in [7, 11) is 0. The van der Waals surface area contributed by atoms with Gasteiger partial charge in [-0.2, -0.15) is 0 Å². The van der Waals surface area contributed by atoms with E-state index in [9.17, 15) is 15.3 Å². The predicted octanol–water partition coefficient (Wildman–Crippen LogP) is 0.845. The molecule has 1 heterocycles. The summed E-state index contributed by atoms with van der Waals surface area (Å²) in [5, 5.41) is 28.7. The van der Waals surface area contributed by atoms with Gasteiger partial charge in [0.05, 0.1) is 13.2 Å². The Hall–Kier alpha value is -0.200. The lowest BCUT2D eigenvalue weighted by Gasteiger charge is -2.20. The minimum absolute atomic E-state index is 0.0698. The predicted molar refractivity (Wildman–Crippen MR) is 72.0 cm³/mol. The third-order valence-electron chi connectivity index (χ3n) is 3.50. The highest BCUT2D eigenvalue weighted by Gasteiger charge is 2.39. The fraction of sp³-hybridized carbons (Fsp3) is 1.00. The van der Waals surface area contributed by atoms with Crippen molar-refractivity contribution in [2.24, 2.45) is 0 Å². The monoisotopic (exact) mass is 276 g/mol. The Labute approximate surface area is 115 Å². The van der Waals surface area contributed by atoms with Gasteiger partial charge in [0.2, 0.25) is 0 Å². The highest BCUT2D eigenvalue weighted by atomic mass is 16.5. The summed E-state index contributed by atoms with van der Waals surface area (Å²) >= 11 is 0. The second-order valence-electron chi connectivity index (χ2n) is 5.27. The smallest absolute Gasteiger partial charge is 0.114 e. The van der Waals surface area contributed by atoms with E-state index in [1.54, 1.807) is 0 Å². The van der Waals surface area contributed by atoms with Crippen LogP contribution in [0.3, 0.4) is 0 Å².